The second kappa shape index (κ2) is 6.45. The van der Waals surface area contributed by atoms with Crippen LogP contribution in [0.2, 0.25) is 0 Å². The normalized spacial score (nSPS) is 20.0. The number of nitrogens with zero attached hydrogens (tertiary/aromatic N) is 1. The van der Waals surface area contributed by atoms with Crippen molar-refractivity contribution in [2.75, 3.05) is 13.6 Å². The van der Waals surface area contributed by atoms with E-state index in [1.807, 2.05) is 14.0 Å². The second-order valence-electron chi connectivity index (χ2n) is 5.19. The van der Waals surface area contributed by atoms with Gasteiger partial charge >= 0.3 is 0 Å². The first-order chi connectivity index (χ1) is 10.3. The molecular weight excluding hydrogens is 304 g/mol. The number of hydrogen-bond donors (Lipinski definition) is 3. The molecule has 2 unspecified atom stereocenters. The number of nitrogens with one attached hydrogen (secondary N) is 3. The van der Waals surface area contributed by atoms with Gasteiger partial charge in [-0.05, 0) is 33.0 Å². The molecule has 2 atom stereocenters. The molecular formula is C14H20N4O3S. The Hall–Kier alpha value is -1.93. The van der Waals surface area contributed by atoms with E-state index in [9.17, 15) is 13.2 Å². The average molecular weight is 324 g/mol. The molecule has 1 heterocycles. The number of rotatable bonds is 5. The van der Waals surface area contributed by atoms with Gasteiger partial charge in [-0.25, -0.2) is 8.42 Å². The van der Waals surface area contributed by atoms with Gasteiger partial charge in [-0.2, -0.15) is 0 Å². The van der Waals surface area contributed by atoms with Gasteiger partial charge in [0.15, 0.2) is 0 Å². The largest absolute Gasteiger partial charge is 0.353 e. The maximum Gasteiger partial charge on any atom is 0.263 e. The number of amides is 1. The molecule has 1 aliphatic rings. The molecule has 7 nitrogen and oxygen atoms in total. The standard InChI is InChI=1S/C14H20N4O3S/c1-9(15-3)8-16-14(19)10(2)17-13-11-6-4-5-7-12(11)22(20,21)18-13/h4-7,9-10,15H,8H2,1-3H3,(H,16,19)(H,17,18). The molecule has 0 fully saturated rings. The minimum atomic E-state index is -3.58. The van der Waals surface area contributed by atoms with Crippen LogP contribution in [0.15, 0.2) is 34.2 Å². The van der Waals surface area contributed by atoms with Crippen molar-refractivity contribution in [3.63, 3.8) is 0 Å². The Morgan fingerprint density at radius 2 is 2.00 bits per heavy atom. The minimum absolute atomic E-state index is 0.148. The summed E-state index contributed by atoms with van der Waals surface area (Å²) in [5, 5.41) is 5.78. The van der Waals surface area contributed by atoms with Gasteiger partial charge in [-0.1, -0.05) is 12.1 Å². The van der Waals surface area contributed by atoms with Crippen LogP contribution in [0.3, 0.4) is 0 Å². The topological polar surface area (TPSA) is 99.7 Å². The van der Waals surface area contributed by atoms with Crippen LogP contribution < -0.4 is 15.4 Å². The van der Waals surface area contributed by atoms with E-state index in [0.29, 0.717) is 12.1 Å². The second-order valence-corrected chi connectivity index (χ2v) is 6.84. The van der Waals surface area contributed by atoms with Gasteiger partial charge in [0.05, 0.1) is 4.90 Å². The summed E-state index contributed by atoms with van der Waals surface area (Å²) in [5.74, 6) is -0.0434. The van der Waals surface area contributed by atoms with Gasteiger partial charge in [0, 0.05) is 18.2 Å². The summed E-state index contributed by atoms with van der Waals surface area (Å²) in [4.78, 5) is 16.4. The Morgan fingerprint density at radius 1 is 1.32 bits per heavy atom. The summed E-state index contributed by atoms with van der Waals surface area (Å²) in [6, 6.07) is 6.02. The highest BCUT2D eigenvalue weighted by atomic mass is 32.2. The molecule has 0 aliphatic carbocycles. The molecule has 1 aliphatic heterocycles. The highest BCUT2D eigenvalue weighted by Crippen LogP contribution is 2.22. The van der Waals surface area contributed by atoms with Crippen molar-refractivity contribution in [2.24, 2.45) is 4.99 Å². The zero-order valence-corrected chi connectivity index (χ0v) is 13.6. The van der Waals surface area contributed by atoms with Gasteiger partial charge in [0.2, 0.25) is 5.91 Å². The molecule has 0 bridgehead atoms. The van der Waals surface area contributed by atoms with Gasteiger partial charge in [0.1, 0.15) is 11.9 Å². The lowest BCUT2D eigenvalue weighted by Gasteiger charge is -2.13. The van der Waals surface area contributed by atoms with Gasteiger partial charge in [-0.15, -0.1) is 0 Å². The van der Waals surface area contributed by atoms with E-state index in [0.717, 1.165) is 0 Å². The van der Waals surface area contributed by atoms with Crippen LogP contribution in [0.5, 0.6) is 0 Å². The molecule has 0 radical (unpaired) electrons. The van der Waals surface area contributed by atoms with Crippen molar-refractivity contribution in [2.45, 2.75) is 30.8 Å². The van der Waals surface area contributed by atoms with Crippen LogP contribution in [-0.4, -0.2) is 45.8 Å². The zero-order chi connectivity index (χ0) is 16.3. The Labute approximate surface area is 130 Å². The molecule has 0 saturated carbocycles. The molecule has 0 spiro atoms. The first-order valence-corrected chi connectivity index (χ1v) is 8.48. The number of carbonyl (C=O) groups excluding carboxylic acids is 1. The van der Waals surface area contributed by atoms with E-state index in [2.05, 4.69) is 20.3 Å². The number of hydrogen-bond acceptors (Lipinski definition) is 5. The number of carbonyl (C=O) groups is 1. The smallest absolute Gasteiger partial charge is 0.263 e. The van der Waals surface area contributed by atoms with E-state index in [1.54, 1.807) is 25.1 Å². The summed E-state index contributed by atoms with van der Waals surface area (Å²) >= 11 is 0. The minimum Gasteiger partial charge on any atom is -0.353 e. The number of likely N-dealkylation sites (N-methyl/N-ethyl adjacent to an activating group) is 1. The van der Waals surface area contributed by atoms with E-state index < -0.39 is 16.1 Å². The lowest BCUT2D eigenvalue weighted by Crippen LogP contribution is -2.41. The number of fused-ring (bicyclic) bond motifs is 1. The van der Waals surface area contributed by atoms with Crippen molar-refractivity contribution >= 4 is 21.8 Å². The lowest BCUT2D eigenvalue weighted by molar-refractivity contribution is -0.121. The van der Waals surface area contributed by atoms with Crippen LogP contribution in [-0.2, 0) is 14.8 Å². The van der Waals surface area contributed by atoms with Crippen molar-refractivity contribution in [1.29, 1.82) is 0 Å². The van der Waals surface area contributed by atoms with Crippen molar-refractivity contribution in [1.82, 2.24) is 15.4 Å². The van der Waals surface area contributed by atoms with Crippen molar-refractivity contribution in [3.8, 4) is 0 Å². The first-order valence-electron chi connectivity index (χ1n) is 7.00. The van der Waals surface area contributed by atoms with Crippen LogP contribution in [0.25, 0.3) is 0 Å². The maximum absolute atomic E-state index is 12.0. The third-order valence-corrected chi connectivity index (χ3v) is 4.84. The van der Waals surface area contributed by atoms with E-state index in [-0.39, 0.29) is 22.7 Å². The molecule has 0 saturated heterocycles. The predicted octanol–water partition coefficient (Wildman–Crippen LogP) is -0.162. The number of aliphatic imine (C=N–C) groups is 1. The average Bonchev–Trinajstić information content (AvgIpc) is 2.75. The Morgan fingerprint density at radius 3 is 2.68 bits per heavy atom. The molecule has 1 amide bonds. The molecule has 22 heavy (non-hydrogen) atoms. The van der Waals surface area contributed by atoms with E-state index in [1.165, 1.54) is 6.07 Å². The Kier molecular flexibility index (Phi) is 4.82. The van der Waals surface area contributed by atoms with Crippen molar-refractivity contribution in [3.05, 3.63) is 29.8 Å². The number of benzene rings is 1. The van der Waals surface area contributed by atoms with E-state index in [4.69, 9.17) is 0 Å². The summed E-state index contributed by atoms with van der Waals surface area (Å²) in [5.41, 5.74) is 0.491. The fraction of sp³-hybridized carbons (Fsp3) is 0.429. The molecule has 1 aromatic rings. The van der Waals surface area contributed by atoms with Crippen LogP contribution >= 0.6 is 0 Å². The van der Waals surface area contributed by atoms with Gasteiger partial charge in [-0.3, -0.25) is 14.5 Å². The fourth-order valence-electron chi connectivity index (χ4n) is 1.99. The van der Waals surface area contributed by atoms with Gasteiger partial charge in [0.25, 0.3) is 10.0 Å². The highest BCUT2D eigenvalue weighted by Gasteiger charge is 2.31. The third-order valence-electron chi connectivity index (χ3n) is 3.44. The molecule has 120 valence electrons. The third kappa shape index (κ3) is 3.45. The summed E-state index contributed by atoms with van der Waals surface area (Å²) in [6.07, 6.45) is 0. The molecule has 1 aromatic carbocycles. The fourth-order valence-corrected chi connectivity index (χ4v) is 3.22. The number of sulfonamides is 1. The molecule has 2 rings (SSSR count). The van der Waals surface area contributed by atoms with Crippen LogP contribution in [0.1, 0.15) is 19.4 Å². The molecule has 8 heteroatoms. The Bertz CT molecular complexity index is 700. The Balaban J connectivity index is 2.15. The summed E-state index contributed by atoms with van der Waals surface area (Å²) in [6.45, 7) is 4.05. The monoisotopic (exact) mass is 324 g/mol. The first kappa shape index (κ1) is 16.4. The zero-order valence-electron chi connectivity index (χ0n) is 12.8. The predicted molar refractivity (Wildman–Crippen MR) is 84.3 cm³/mol. The SMILES string of the molecule is CNC(C)CNC(=O)C(C)N=C1NS(=O)(=O)c2ccccc21. The highest BCUT2D eigenvalue weighted by molar-refractivity contribution is 7.90. The molecule has 0 aromatic heterocycles. The lowest BCUT2D eigenvalue weighted by atomic mass is 10.2. The van der Waals surface area contributed by atoms with Crippen molar-refractivity contribution < 1.29 is 13.2 Å². The number of amidine groups is 1. The van der Waals surface area contributed by atoms with E-state index >= 15 is 0 Å². The van der Waals surface area contributed by atoms with Crippen LogP contribution in [0, 0.1) is 0 Å². The quantitative estimate of drug-likeness (QED) is 0.700. The summed E-state index contributed by atoms with van der Waals surface area (Å²) < 4.78 is 26.3. The summed E-state index contributed by atoms with van der Waals surface area (Å²) in [7, 11) is -1.77. The van der Waals surface area contributed by atoms with Gasteiger partial charge < -0.3 is 10.6 Å². The molecule has 3 N–H and O–H groups in total. The maximum atomic E-state index is 12.0. The van der Waals surface area contributed by atoms with Crippen LogP contribution in [0.4, 0.5) is 0 Å².